The van der Waals surface area contributed by atoms with E-state index in [9.17, 15) is 9.59 Å². The summed E-state index contributed by atoms with van der Waals surface area (Å²) in [6.07, 6.45) is 1.24. The van der Waals surface area contributed by atoms with E-state index < -0.39 is 0 Å². The first-order chi connectivity index (χ1) is 16.0. The van der Waals surface area contributed by atoms with Crippen LogP contribution in [0.15, 0.2) is 59.1 Å². The molecule has 0 radical (unpaired) electrons. The maximum atomic E-state index is 12.7. The quantitative estimate of drug-likeness (QED) is 0.543. The van der Waals surface area contributed by atoms with Crippen LogP contribution in [0.3, 0.4) is 0 Å². The fraction of sp³-hybridized carbons (Fsp3) is 0.280. The Kier molecular flexibility index (Phi) is 6.09. The van der Waals surface area contributed by atoms with Crippen molar-refractivity contribution in [1.29, 1.82) is 0 Å². The smallest absolute Gasteiger partial charge is 0.260 e. The summed E-state index contributed by atoms with van der Waals surface area (Å²) in [7, 11) is 0. The topological polar surface area (TPSA) is 77.1 Å². The molecule has 1 N–H and O–H groups in total. The molecule has 5 rings (SSSR count). The van der Waals surface area contributed by atoms with Crippen LogP contribution < -0.4 is 19.5 Å². The number of amides is 2. The summed E-state index contributed by atoms with van der Waals surface area (Å²) in [5, 5.41) is 5.10. The van der Waals surface area contributed by atoms with Crippen LogP contribution in [-0.4, -0.2) is 43.2 Å². The Labute approximate surface area is 199 Å². The van der Waals surface area contributed by atoms with Gasteiger partial charge in [0, 0.05) is 35.2 Å². The van der Waals surface area contributed by atoms with Crippen LogP contribution in [0.25, 0.3) is 10.8 Å². The maximum absolute atomic E-state index is 12.7. The predicted octanol–water partition coefficient (Wildman–Crippen LogP) is 4.59. The molecule has 0 saturated carbocycles. The second-order valence-electron chi connectivity index (χ2n) is 8.15. The van der Waals surface area contributed by atoms with E-state index >= 15 is 0 Å². The van der Waals surface area contributed by atoms with Crippen LogP contribution in [-0.2, 0) is 9.59 Å². The Morgan fingerprint density at radius 1 is 0.970 bits per heavy atom. The molecule has 7 nitrogen and oxygen atoms in total. The zero-order valence-corrected chi connectivity index (χ0v) is 19.5. The normalized spacial score (nSPS) is 15.5. The molecule has 0 aromatic heterocycles. The predicted molar refractivity (Wildman–Crippen MR) is 128 cm³/mol. The van der Waals surface area contributed by atoms with Gasteiger partial charge in [-0.25, -0.2) is 0 Å². The van der Waals surface area contributed by atoms with E-state index in [4.69, 9.17) is 14.2 Å². The molecule has 2 heterocycles. The van der Waals surface area contributed by atoms with Gasteiger partial charge >= 0.3 is 0 Å². The van der Waals surface area contributed by atoms with Crippen LogP contribution >= 0.6 is 15.9 Å². The molecule has 1 fully saturated rings. The zero-order valence-electron chi connectivity index (χ0n) is 17.9. The molecular formula is C25H23BrN2O5. The number of nitrogens with one attached hydrogen (secondary N) is 1. The van der Waals surface area contributed by atoms with E-state index in [1.54, 1.807) is 23.1 Å². The highest BCUT2D eigenvalue weighted by molar-refractivity contribution is 9.10. The number of carbonyl (C=O) groups is 2. The summed E-state index contributed by atoms with van der Waals surface area (Å²) in [6, 6.07) is 17.2. The first-order valence-electron chi connectivity index (χ1n) is 10.9. The number of rotatable bonds is 5. The molecule has 0 unspecified atom stereocenters. The minimum Gasteiger partial charge on any atom is -0.484 e. The Morgan fingerprint density at radius 2 is 1.73 bits per heavy atom. The number of piperidine rings is 1. The number of likely N-dealkylation sites (tertiary alicyclic amines) is 1. The monoisotopic (exact) mass is 510 g/mol. The lowest BCUT2D eigenvalue weighted by atomic mass is 9.95. The molecule has 0 spiro atoms. The second-order valence-corrected chi connectivity index (χ2v) is 9.07. The molecule has 3 aromatic rings. The maximum Gasteiger partial charge on any atom is 0.260 e. The molecule has 0 bridgehead atoms. The zero-order chi connectivity index (χ0) is 22.8. The van der Waals surface area contributed by atoms with Crippen LogP contribution in [0.1, 0.15) is 12.8 Å². The third-order valence-electron chi connectivity index (χ3n) is 5.99. The van der Waals surface area contributed by atoms with E-state index in [1.165, 1.54) is 0 Å². The molecule has 33 heavy (non-hydrogen) atoms. The summed E-state index contributed by atoms with van der Waals surface area (Å²) in [5.74, 6) is 1.73. The largest absolute Gasteiger partial charge is 0.484 e. The number of halogens is 1. The van der Waals surface area contributed by atoms with Crippen LogP contribution in [0.5, 0.6) is 17.2 Å². The van der Waals surface area contributed by atoms with Gasteiger partial charge in [-0.15, -0.1) is 0 Å². The van der Waals surface area contributed by atoms with Crippen molar-refractivity contribution in [3.05, 3.63) is 59.1 Å². The van der Waals surface area contributed by atoms with Gasteiger partial charge in [-0.1, -0.05) is 28.1 Å². The molecule has 2 amide bonds. The molecule has 0 aliphatic carbocycles. The summed E-state index contributed by atoms with van der Waals surface area (Å²) in [5.41, 5.74) is 0.680. The SMILES string of the molecule is O=C(Nc1ccc2c(c1)OCO2)C1CCN(C(=O)COc2ccc3cc(Br)ccc3c2)CC1. The van der Waals surface area contributed by atoms with E-state index in [1.807, 2.05) is 36.4 Å². The highest BCUT2D eigenvalue weighted by Crippen LogP contribution is 2.34. The molecule has 0 atom stereocenters. The van der Waals surface area contributed by atoms with Gasteiger partial charge < -0.3 is 24.4 Å². The second kappa shape index (κ2) is 9.31. The minimum absolute atomic E-state index is 0.0178. The summed E-state index contributed by atoms with van der Waals surface area (Å²) in [6.45, 7) is 1.25. The summed E-state index contributed by atoms with van der Waals surface area (Å²) < 4.78 is 17.4. The molecule has 170 valence electrons. The number of benzene rings is 3. The van der Waals surface area contributed by atoms with Crippen molar-refractivity contribution in [3.63, 3.8) is 0 Å². The number of fused-ring (bicyclic) bond motifs is 2. The molecule has 3 aromatic carbocycles. The van der Waals surface area contributed by atoms with Crippen molar-refractivity contribution in [2.45, 2.75) is 12.8 Å². The highest BCUT2D eigenvalue weighted by Gasteiger charge is 2.28. The standard InChI is InChI=1S/C25H23BrN2O5/c26-19-3-1-18-12-21(5-2-17(18)11-19)31-14-24(29)28-9-7-16(8-10-28)25(30)27-20-4-6-22-23(13-20)33-15-32-22/h1-6,11-13,16H,7-10,14-15H2,(H,27,30). The summed E-state index contributed by atoms with van der Waals surface area (Å²) in [4.78, 5) is 27.1. The lowest BCUT2D eigenvalue weighted by Gasteiger charge is -2.31. The number of hydrogen-bond donors (Lipinski definition) is 1. The van der Waals surface area contributed by atoms with Gasteiger partial charge in [-0.3, -0.25) is 9.59 Å². The Morgan fingerprint density at radius 3 is 2.58 bits per heavy atom. The van der Waals surface area contributed by atoms with Crippen molar-refractivity contribution < 1.29 is 23.8 Å². The lowest BCUT2D eigenvalue weighted by Crippen LogP contribution is -2.43. The summed E-state index contributed by atoms with van der Waals surface area (Å²) >= 11 is 3.47. The van der Waals surface area contributed by atoms with Crippen LogP contribution in [0.2, 0.25) is 0 Å². The fourth-order valence-corrected chi connectivity index (χ4v) is 4.51. The Bertz CT molecular complexity index is 1210. The fourth-order valence-electron chi connectivity index (χ4n) is 4.13. The van der Waals surface area contributed by atoms with Crippen LogP contribution in [0.4, 0.5) is 5.69 Å². The van der Waals surface area contributed by atoms with Gasteiger partial charge in [-0.05, 0) is 60.0 Å². The highest BCUT2D eigenvalue weighted by atomic mass is 79.9. The lowest BCUT2D eigenvalue weighted by molar-refractivity contribution is -0.136. The van der Waals surface area contributed by atoms with Crippen molar-refractivity contribution in [1.82, 2.24) is 4.90 Å². The van der Waals surface area contributed by atoms with Gasteiger partial charge in [0.2, 0.25) is 12.7 Å². The molecule has 2 aliphatic heterocycles. The van der Waals surface area contributed by atoms with Crippen molar-refractivity contribution in [3.8, 4) is 17.2 Å². The van der Waals surface area contributed by atoms with Crippen molar-refractivity contribution in [2.75, 3.05) is 31.8 Å². The van der Waals surface area contributed by atoms with Gasteiger partial charge in [0.15, 0.2) is 18.1 Å². The first-order valence-corrected chi connectivity index (χ1v) is 11.6. The number of hydrogen-bond acceptors (Lipinski definition) is 5. The molecular weight excluding hydrogens is 488 g/mol. The van der Waals surface area contributed by atoms with Crippen LogP contribution in [0, 0.1) is 5.92 Å². The van der Waals surface area contributed by atoms with Crippen molar-refractivity contribution >= 4 is 44.2 Å². The van der Waals surface area contributed by atoms with E-state index in [0.717, 1.165) is 15.2 Å². The number of carbonyl (C=O) groups excluding carboxylic acids is 2. The number of nitrogens with zero attached hydrogens (tertiary/aromatic N) is 1. The number of anilines is 1. The van der Waals surface area contributed by atoms with Gasteiger partial charge in [-0.2, -0.15) is 0 Å². The minimum atomic E-state index is -0.139. The third-order valence-corrected chi connectivity index (χ3v) is 6.49. The number of ether oxygens (including phenoxy) is 3. The van der Waals surface area contributed by atoms with Crippen molar-refractivity contribution in [2.24, 2.45) is 5.92 Å². The average Bonchev–Trinajstić information content (AvgIpc) is 3.30. The average molecular weight is 511 g/mol. The Balaban J connectivity index is 1.10. The Hall–Kier alpha value is -3.26. The molecule has 8 heteroatoms. The van der Waals surface area contributed by atoms with E-state index in [0.29, 0.717) is 48.9 Å². The van der Waals surface area contributed by atoms with E-state index in [2.05, 4.69) is 21.2 Å². The third kappa shape index (κ3) is 4.90. The molecule has 2 aliphatic rings. The van der Waals surface area contributed by atoms with Gasteiger partial charge in [0.05, 0.1) is 0 Å². The van der Waals surface area contributed by atoms with Gasteiger partial charge in [0.25, 0.3) is 5.91 Å². The van der Waals surface area contributed by atoms with Gasteiger partial charge in [0.1, 0.15) is 5.75 Å². The van der Waals surface area contributed by atoms with E-state index in [-0.39, 0.29) is 31.1 Å². The first kappa shape index (κ1) is 21.6. The molecule has 1 saturated heterocycles.